The highest BCUT2D eigenvalue weighted by Gasteiger charge is 2.73. The van der Waals surface area contributed by atoms with Crippen molar-refractivity contribution < 1.29 is 43.9 Å². The van der Waals surface area contributed by atoms with E-state index < -0.39 is 50.6 Å². The molecule has 0 unspecified atom stereocenters. The van der Waals surface area contributed by atoms with E-state index >= 15 is 0 Å². The number of amidine groups is 1. The third-order valence-corrected chi connectivity index (χ3v) is 7.01. The normalized spacial score (nSPS) is 15.8. The number of fused-ring (bicyclic) bond motifs is 1. The maximum atomic E-state index is 14.6. The second-order valence-corrected chi connectivity index (χ2v) is 11.8. The lowest BCUT2D eigenvalue weighted by Gasteiger charge is -2.31. The fraction of sp³-hybridized carbons (Fsp3) is 0.462. The van der Waals surface area contributed by atoms with Crippen molar-refractivity contribution in [2.75, 3.05) is 16.9 Å². The first kappa shape index (κ1) is 32.3. The first-order chi connectivity index (χ1) is 17.6. The van der Waals surface area contributed by atoms with Gasteiger partial charge in [0.15, 0.2) is 0 Å². The lowest BCUT2D eigenvalue weighted by atomic mass is 9.92. The van der Waals surface area contributed by atoms with Crippen molar-refractivity contribution in [2.45, 2.75) is 65.1 Å². The van der Waals surface area contributed by atoms with Crippen molar-refractivity contribution in [2.24, 2.45) is 4.99 Å². The second kappa shape index (κ2) is 10.5. The molecule has 0 spiro atoms. The molecule has 0 saturated carbocycles. The van der Waals surface area contributed by atoms with Gasteiger partial charge in [0.1, 0.15) is 15.7 Å². The summed E-state index contributed by atoms with van der Waals surface area (Å²) in [5.74, 6) is -1.12. The maximum Gasteiger partial charge on any atom is 0.435 e. The molecule has 0 N–H and O–H groups in total. The fourth-order valence-corrected chi connectivity index (χ4v) is 5.72. The van der Waals surface area contributed by atoms with E-state index in [2.05, 4.69) is 4.99 Å². The number of hydrogen-bond acceptors (Lipinski definition) is 4. The number of alkyl halides is 7. The summed E-state index contributed by atoms with van der Waals surface area (Å²) in [4.78, 5) is 18.9. The van der Waals surface area contributed by atoms with Gasteiger partial charge >= 0.3 is 18.0 Å². The first-order valence-electron chi connectivity index (χ1n) is 11.8. The van der Waals surface area contributed by atoms with Crippen LogP contribution in [-0.4, -0.2) is 50.1 Å². The third-order valence-electron chi connectivity index (χ3n) is 5.78. The Morgan fingerprint density at radius 1 is 0.872 bits per heavy atom. The molecule has 2 aromatic rings. The van der Waals surface area contributed by atoms with Crippen LogP contribution >= 0.6 is 0 Å². The highest BCUT2D eigenvalue weighted by molar-refractivity contribution is 7.90. The molecule has 1 amide bonds. The van der Waals surface area contributed by atoms with E-state index in [4.69, 9.17) is 0 Å². The lowest BCUT2D eigenvalue weighted by molar-refractivity contribution is -0.348. The zero-order valence-corrected chi connectivity index (χ0v) is 23.2. The van der Waals surface area contributed by atoms with Crippen molar-refractivity contribution >= 4 is 27.3 Å². The van der Waals surface area contributed by atoms with Crippen LogP contribution in [0.25, 0.3) is 0 Å². The zero-order chi connectivity index (χ0) is 30.4. The quantitative estimate of drug-likeness (QED) is 0.362. The molecule has 0 aromatic heterocycles. The van der Waals surface area contributed by atoms with Gasteiger partial charge < -0.3 is 0 Å². The van der Waals surface area contributed by atoms with Crippen LogP contribution in [0.15, 0.2) is 41.4 Å². The minimum absolute atomic E-state index is 0.0358. The first-order valence-corrected chi connectivity index (χ1v) is 13.8. The second-order valence-electron chi connectivity index (χ2n) is 9.61. The monoisotopic (exact) mass is 582 g/mol. The number of halogens is 7. The number of anilines is 1. The Morgan fingerprint density at radius 2 is 1.41 bits per heavy atom. The Balaban J connectivity index is 0.00000260. The number of aryl methyl sites for hydroxylation is 2. The fourth-order valence-electron chi connectivity index (χ4n) is 4.37. The van der Waals surface area contributed by atoms with Crippen LogP contribution in [0.1, 0.15) is 60.3 Å². The smallest absolute Gasteiger partial charge is 0.268 e. The number of carbonyl (C=O) groups excluding carboxylic acids is 1. The van der Waals surface area contributed by atoms with Gasteiger partial charge in [-0.15, -0.1) is 0 Å². The van der Waals surface area contributed by atoms with Crippen LogP contribution < -0.4 is 4.90 Å². The van der Waals surface area contributed by atoms with Gasteiger partial charge in [0.25, 0.3) is 5.91 Å². The van der Waals surface area contributed by atoms with Crippen LogP contribution in [0.2, 0.25) is 0 Å². The molecule has 0 bridgehead atoms. The minimum Gasteiger partial charge on any atom is -0.268 e. The summed E-state index contributed by atoms with van der Waals surface area (Å²) in [6.07, 6.45) is -11.6. The van der Waals surface area contributed by atoms with Crippen LogP contribution in [-0.2, 0) is 15.5 Å². The maximum absolute atomic E-state index is 14.6. The number of rotatable bonds is 5. The van der Waals surface area contributed by atoms with E-state index in [9.17, 15) is 43.9 Å². The van der Waals surface area contributed by atoms with Crippen LogP contribution in [0.4, 0.5) is 36.4 Å². The van der Waals surface area contributed by atoms with Gasteiger partial charge in [-0.1, -0.05) is 44.2 Å². The molecule has 216 valence electrons. The summed E-state index contributed by atoms with van der Waals surface area (Å²) < 4.78 is 118. The Kier molecular flexibility index (Phi) is 8.72. The van der Waals surface area contributed by atoms with Gasteiger partial charge in [-0.3, -0.25) is 14.7 Å². The molecule has 1 aliphatic rings. The minimum atomic E-state index is -6.29. The highest BCUT2D eigenvalue weighted by atomic mass is 32.2. The zero-order valence-electron chi connectivity index (χ0n) is 22.3. The van der Waals surface area contributed by atoms with Gasteiger partial charge in [0, 0.05) is 17.4 Å². The van der Waals surface area contributed by atoms with Gasteiger partial charge in [-0.25, -0.2) is 12.8 Å². The molecule has 0 aliphatic carbocycles. The molecule has 13 heteroatoms. The van der Waals surface area contributed by atoms with E-state index in [-0.39, 0.29) is 22.6 Å². The predicted molar refractivity (Wildman–Crippen MR) is 136 cm³/mol. The number of benzene rings is 2. The number of hydrogen-bond donors (Lipinski definition) is 0. The van der Waals surface area contributed by atoms with Gasteiger partial charge in [-0.2, -0.15) is 26.3 Å². The molecule has 0 fully saturated rings. The summed E-state index contributed by atoms with van der Waals surface area (Å²) in [7, 11) is -3.53. The van der Waals surface area contributed by atoms with Gasteiger partial charge in [0.05, 0.1) is 22.5 Å². The number of carbonyl (C=O) groups is 1. The van der Waals surface area contributed by atoms with Crippen LogP contribution in [0.3, 0.4) is 0 Å². The molecule has 0 radical (unpaired) electrons. The molecule has 0 atom stereocenters. The standard InChI is InChI=1S/C24H23F7N2O3S.C2H6/c1-13-7-6-8-16-18(13)20(34)33(19(16)32-21(3,4)12-37(5,35)36)17-10-9-15(11-14(17)2)22(25,23(26,27)28)24(29,30)31;1-2/h6-11H,12H2,1-5H3;1-2H3. The molecule has 39 heavy (non-hydrogen) atoms. The summed E-state index contributed by atoms with van der Waals surface area (Å²) in [5.41, 5.74) is -7.97. The van der Waals surface area contributed by atoms with E-state index in [0.717, 1.165) is 24.1 Å². The third kappa shape index (κ3) is 6.12. The average molecular weight is 583 g/mol. The summed E-state index contributed by atoms with van der Waals surface area (Å²) in [6.45, 7) is 9.75. The summed E-state index contributed by atoms with van der Waals surface area (Å²) in [6, 6.07) is 6.28. The molecule has 0 saturated heterocycles. The molecule has 2 aromatic carbocycles. The number of sulfone groups is 1. The van der Waals surface area contributed by atoms with Crippen molar-refractivity contribution in [1.82, 2.24) is 0 Å². The molecular weight excluding hydrogens is 553 g/mol. The van der Waals surface area contributed by atoms with Crippen molar-refractivity contribution in [1.29, 1.82) is 0 Å². The lowest BCUT2D eigenvalue weighted by Crippen LogP contribution is -2.50. The number of amides is 1. The van der Waals surface area contributed by atoms with Crippen LogP contribution in [0.5, 0.6) is 0 Å². The Hall–Kier alpha value is -2.96. The molecule has 5 nitrogen and oxygen atoms in total. The van der Waals surface area contributed by atoms with Crippen molar-refractivity contribution in [3.05, 3.63) is 64.2 Å². The predicted octanol–water partition coefficient (Wildman–Crippen LogP) is 6.85. The Morgan fingerprint density at radius 3 is 1.87 bits per heavy atom. The van der Waals surface area contributed by atoms with Crippen molar-refractivity contribution in [3.8, 4) is 0 Å². The largest absolute Gasteiger partial charge is 0.435 e. The number of aliphatic imine (C=N–C) groups is 1. The Bertz CT molecular complexity index is 1380. The SMILES string of the molecule is CC.Cc1cc(C(F)(C(F)(F)F)C(F)(F)F)ccc1N1C(=O)c2c(C)cccc2C1=NC(C)(C)CS(C)(=O)=O. The van der Waals surface area contributed by atoms with Crippen molar-refractivity contribution in [3.63, 3.8) is 0 Å². The van der Waals surface area contributed by atoms with E-state index in [0.29, 0.717) is 23.3 Å². The van der Waals surface area contributed by atoms with E-state index in [1.807, 2.05) is 13.8 Å². The highest BCUT2D eigenvalue weighted by Crippen LogP contribution is 2.53. The molecule has 3 rings (SSSR count). The summed E-state index contributed by atoms with van der Waals surface area (Å²) >= 11 is 0. The average Bonchev–Trinajstić information content (AvgIpc) is 3.03. The molecule has 1 heterocycles. The topological polar surface area (TPSA) is 66.8 Å². The van der Waals surface area contributed by atoms with E-state index in [1.165, 1.54) is 13.8 Å². The summed E-state index contributed by atoms with van der Waals surface area (Å²) in [5, 5.41) is 0. The van der Waals surface area contributed by atoms with Gasteiger partial charge in [0.2, 0.25) is 0 Å². The number of nitrogens with zero attached hydrogens (tertiary/aromatic N) is 2. The molecule has 1 aliphatic heterocycles. The van der Waals surface area contributed by atoms with Gasteiger partial charge in [-0.05, 0) is 44.9 Å². The Labute approximate surface area is 222 Å². The van der Waals surface area contributed by atoms with E-state index in [1.54, 1.807) is 25.1 Å². The van der Waals surface area contributed by atoms with Crippen LogP contribution in [0, 0.1) is 13.8 Å². The molecular formula is C26H29F7N2O3S.